The Labute approximate surface area is 71.6 Å². The lowest BCUT2D eigenvalue weighted by Crippen LogP contribution is -2.20. The Balaban J connectivity index is 2.37. The monoisotopic (exact) mass is 164 g/mol. The summed E-state index contributed by atoms with van der Waals surface area (Å²) in [7, 11) is 0. The van der Waals surface area contributed by atoms with Crippen molar-refractivity contribution < 1.29 is 4.39 Å². The van der Waals surface area contributed by atoms with Gasteiger partial charge in [0.25, 0.3) is 0 Å². The molecule has 0 amide bonds. The Hall–Kier alpha value is -1.05. The largest absolute Gasteiger partial charge is 0.282 e. The van der Waals surface area contributed by atoms with Gasteiger partial charge in [0, 0.05) is 6.04 Å². The van der Waals surface area contributed by atoms with Gasteiger partial charge in [-0.05, 0) is 43.5 Å². The third-order valence-corrected chi connectivity index (χ3v) is 2.23. The molecule has 0 bridgehead atoms. The van der Waals surface area contributed by atoms with Crippen molar-refractivity contribution in [1.82, 2.24) is 5.32 Å². The molecule has 1 aromatic rings. The summed E-state index contributed by atoms with van der Waals surface area (Å²) >= 11 is 0. The second-order valence-corrected chi connectivity index (χ2v) is 3.29. The van der Waals surface area contributed by atoms with E-state index in [2.05, 4.69) is 12.2 Å². The molecule has 0 aromatic heterocycles. The number of hydrogen-bond acceptors (Lipinski definition) is 0. The van der Waals surface area contributed by atoms with Gasteiger partial charge in [0.15, 0.2) is 0 Å². The van der Waals surface area contributed by atoms with Crippen LogP contribution in [0.3, 0.4) is 0 Å². The van der Waals surface area contributed by atoms with Crippen molar-refractivity contribution >= 4 is 5.69 Å². The molecule has 0 aliphatic carbocycles. The van der Waals surface area contributed by atoms with E-state index >= 15 is 0 Å². The van der Waals surface area contributed by atoms with Gasteiger partial charge < -0.3 is 0 Å². The molecule has 1 heterocycles. The quantitative estimate of drug-likeness (QED) is 0.559. The zero-order valence-electron chi connectivity index (χ0n) is 7.05. The first-order valence-corrected chi connectivity index (χ1v) is 4.25. The van der Waals surface area contributed by atoms with Crippen LogP contribution in [0.2, 0.25) is 0 Å². The van der Waals surface area contributed by atoms with E-state index in [4.69, 9.17) is 0 Å². The summed E-state index contributed by atoms with van der Waals surface area (Å²) in [6.07, 6.45) is 1.99. The highest BCUT2D eigenvalue weighted by atomic mass is 19.1. The van der Waals surface area contributed by atoms with E-state index in [9.17, 15) is 4.39 Å². The summed E-state index contributed by atoms with van der Waals surface area (Å²) < 4.78 is 12.8. The van der Waals surface area contributed by atoms with Gasteiger partial charge in [0.1, 0.15) is 5.82 Å². The molecule has 1 radical (unpaired) electrons. The minimum absolute atomic E-state index is 0.154. The van der Waals surface area contributed by atoms with Gasteiger partial charge in [0.05, 0.1) is 5.69 Å². The molecule has 0 saturated carbocycles. The smallest absolute Gasteiger partial charge is 0.123 e. The predicted octanol–water partition coefficient (Wildman–Crippen LogP) is 2.40. The second-order valence-electron chi connectivity index (χ2n) is 3.29. The molecule has 0 N–H and O–H groups in total. The summed E-state index contributed by atoms with van der Waals surface area (Å²) in [4.78, 5) is 0. The number of rotatable bonds is 0. The molecule has 1 unspecified atom stereocenters. The van der Waals surface area contributed by atoms with E-state index in [1.165, 1.54) is 6.07 Å². The van der Waals surface area contributed by atoms with Crippen LogP contribution < -0.4 is 5.32 Å². The summed E-state index contributed by atoms with van der Waals surface area (Å²) in [5, 5.41) is 4.42. The summed E-state index contributed by atoms with van der Waals surface area (Å²) in [5.41, 5.74) is 2.02. The van der Waals surface area contributed by atoms with Crippen LogP contribution >= 0.6 is 0 Å². The van der Waals surface area contributed by atoms with Crippen molar-refractivity contribution in [3.8, 4) is 0 Å². The molecular formula is C10H11FN. The maximum Gasteiger partial charge on any atom is 0.123 e. The highest BCUT2D eigenvalue weighted by Gasteiger charge is 2.15. The molecule has 2 heteroatoms. The topological polar surface area (TPSA) is 14.1 Å². The van der Waals surface area contributed by atoms with Crippen molar-refractivity contribution in [3.05, 3.63) is 29.6 Å². The minimum Gasteiger partial charge on any atom is -0.282 e. The fourth-order valence-corrected chi connectivity index (χ4v) is 1.55. The summed E-state index contributed by atoms with van der Waals surface area (Å²) in [5.74, 6) is -0.154. The molecule has 1 aliphatic heterocycles. The second kappa shape index (κ2) is 2.77. The van der Waals surface area contributed by atoms with E-state index in [1.54, 1.807) is 12.1 Å². The normalized spacial score (nSPS) is 21.3. The standard InChI is InChI=1S/C10H11FN/c1-7-2-3-8-6-9(11)4-5-10(8)12-7/h4-7H,2-3H2,1H3. The Morgan fingerprint density at radius 3 is 3.17 bits per heavy atom. The van der Waals surface area contributed by atoms with Crippen LogP contribution in [0.5, 0.6) is 0 Å². The van der Waals surface area contributed by atoms with Crippen LogP contribution in [0.25, 0.3) is 0 Å². The van der Waals surface area contributed by atoms with Crippen molar-refractivity contribution in [2.24, 2.45) is 0 Å². The van der Waals surface area contributed by atoms with E-state index in [0.29, 0.717) is 6.04 Å². The van der Waals surface area contributed by atoms with E-state index in [1.807, 2.05) is 0 Å². The lowest BCUT2D eigenvalue weighted by atomic mass is 9.99. The lowest BCUT2D eigenvalue weighted by Gasteiger charge is -2.21. The lowest BCUT2D eigenvalue weighted by molar-refractivity contribution is 0.548. The average Bonchev–Trinajstić information content (AvgIpc) is 2.05. The van der Waals surface area contributed by atoms with Crippen LogP contribution in [0, 0.1) is 5.82 Å². The molecule has 63 valence electrons. The van der Waals surface area contributed by atoms with Crippen molar-refractivity contribution in [3.63, 3.8) is 0 Å². The van der Waals surface area contributed by atoms with Crippen molar-refractivity contribution in [2.45, 2.75) is 25.8 Å². The molecule has 0 fully saturated rings. The molecule has 1 atom stereocenters. The van der Waals surface area contributed by atoms with E-state index in [0.717, 1.165) is 24.1 Å². The first-order chi connectivity index (χ1) is 5.75. The predicted molar refractivity (Wildman–Crippen MR) is 46.0 cm³/mol. The molecular weight excluding hydrogens is 153 g/mol. The zero-order valence-corrected chi connectivity index (χ0v) is 7.05. The fraction of sp³-hybridized carbons (Fsp3) is 0.400. The van der Waals surface area contributed by atoms with Gasteiger partial charge in [-0.25, -0.2) is 4.39 Å². The average molecular weight is 164 g/mol. The maximum atomic E-state index is 12.8. The van der Waals surface area contributed by atoms with Gasteiger partial charge >= 0.3 is 0 Å². The number of benzene rings is 1. The Morgan fingerprint density at radius 1 is 1.50 bits per heavy atom. The minimum atomic E-state index is -0.154. The van der Waals surface area contributed by atoms with Crippen LogP contribution in [0.1, 0.15) is 18.9 Å². The van der Waals surface area contributed by atoms with Gasteiger partial charge in [-0.1, -0.05) is 0 Å². The molecule has 12 heavy (non-hydrogen) atoms. The SMILES string of the molecule is CC1CCc2cc(F)ccc2[N]1. The van der Waals surface area contributed by atoms with Crippen LogP contribution in [-0.4, -0.2) is 6.04 Å². The van der Waals surface area contributed by atoms with Gasteiger partial charge in [-0.2, -0.15) is 0 Å². The third kappa shape index (κ3) is 1.29. The number of hydrogen-bond donors (Lipinski definition) is 0. The van der Waals surface area contributed by atoms with E-state index < -0.39 is 0 Å². The third-order valence-electron chi connectivity index (χ3n) is 2.23. The molecule has 1 aliphatic rings. The highest BCUT2D eigenvalue weighted by molar-refractivity contribution is 5.47. The van der Waals surface area contributed by atoms with Crippen LogP contribution in [-0.2, 0) is 6.42 Å². The van der Waals surface area contributed by atoms with Gasteiger partial charge in [-0.3, -0.25) is 5.32 Å². The Kier molecular flexibility index (Phi) is 1.75. The van der Waals surface area contributed by atoms with Gasteiger partial charge in [-0.15, -0.1) is 0 Å². The maximum absolute atomic E-state index is 12.8. The fourth-order valence-electron chi connectivity index (χ4n) is 1.55. The molecule has 1 aromatic carbocycles. The zero-order chi connectivity index (χ0) is 8.55. The summed E-state index contributed by atoms with van der Waals surface area (Å²) in [6.45, 7) is 2.09. The molecule has 1 nitrogen and oxygen atoms in total. The van der Waals surface area contributed by atoms with Crippen LogP contribution in [0.15, 0.2) is 18.2 Å². The molecule has 0 saturated heterocycles. The Bertz CT molecular complexity index is 296. The molecule has 0 spiro atoms. The van der Waals surface area contributed by atoms with Crippen molar-refractivity contribution in [1.29, 1.82) is 0 Å². The number of aryl methyl sites for hydroxylation is 1. The van der Waals surface area contributed by atoms with Crippen molar-refractivity contribution in [2.75, 3.05) is 0 Å². The molecule has 2 rings (SSSR count). The number of fused-ring (bicyclic) bond motifs is 1. The van der Waals surface area contributed by atoms with Crippen LogP contribution in [0.4, 0.5) is 10.1 Å². The Morgan fingerprint density at radius 2 is 2.33 bits per heavy atom. The van der Waals surface area contributed by atoms with E-state index in [-0.39, 0.29) is 5.82 Å². The number of halogens is 1. The summed E-state index contributed by atoms with van der Waals surface area (Å²) in [6, 6.07) is 5.22. The first kappa shape index (κ1) is 7.59. The number of nitrogens with zero attached hydrogens (tertiary/aromatic N) is 1. The first-order valence-electron chi connectivity index (χ1n) is 4.25. The van der Waals surface area contributed by atoms with Gasteiger partial charge in [0.2, 0.25) is 0 Å². The highest BCUT2D eigenvalue weighted by Crippen LogP contribution is 2.25.